The number of urea groups is 1. The second-order valence-corrected chi connectivity index (χ2v) is 12.3. The normalized spacial score (nSPS) is 18.6. The number of rotatable bonds is 10. The third kappa shape index (κ3) is 7.55. The molecule has 1 saturated heterocycles. The number of carbonyl (C=O) groups excluding carboxylic acids is 1. The van der Waals surface area contributed by atoms with Crippen LogP contribution >= 0.6 is 0 Å². The first kappa shape index (κ1) is 31.7. The molecule has 4 aromatic rings. The van der Waals surface area contributed by atoms with Crippen LogP contribution < -0.4 is 20.4 Å². The van der Waals surface area contributed by atoms with Gasteiger partial charge in [0, 0.05) is 57.1 Å². The number of nitrogens with zero attached hydrogens (tertiary/aromatic N) is 6. The number of aromatic nitrogens is 4. The molecule has 2 aliphatic rings. The summed E-state index contributed by atoms with van der Waals surface area (Å²) in [5.41, 5.74) is 2.95. The Kier molecular flexibility index (Phi) is 9.91. The molecule has 0 spiro atoms. The smallest absolute Gasteiger partial charge is 0.319 e. The molecule has 10 nitrogen and oxygen atoms in total. The predicted molar refractivity (Wildman–Crippen MR) is 176 cm³/mol. The largest absolute Gasteiger partial charge is 0.378 e. The van der Waals surface area contributed by atoms with Gasteiger partial charge in [0.1, 0.15) is 17.5 Å². The first-order valence-electron chi connectivity index (χ1n) is 16.2. The quantitative estimate of drug-likeness (QED) is 0.210. The van der Waals surface area contributed by atoms with Gasteiger partial charge in [0.2, 0.25) is 0 Å². The zero-order valence-corrected chi connectivity index (χ0v) is 26.5. The lowest BCUT2D eigenvalue weighted by atomic mass is 9.83. The van der Waals surface area contributed by atoms with Crippen molar-refractivity contribution in [3.63, 3.8) is 0 Å². The van der Waals surface area contributed by atoms with Crippen LogP contribution in [0, 0.1) is 5.92 Å². The Balaban J connectivity index is 1.07. The lowest BCUT2D eigenvalue weighted by Crippen LogP contribution is -2.40. The number of ether oxygens (including phenoxy) is 1. The van der Waals surface area contributed by atoms with E-state index in [9.17, 15) is 13.6 Å². The Labute approximate surface area is 268 Å². The summed E-state index contributed by atoms with van der Waals surface area (Å²) >= 11 is 0. The molecule has 0 bridgehead atoms. The predicted octanol–water partition coefficient (Wildman–Crippen LogP) is 6.36. The molecule has 2 N–H and O–H groups in total. The molecule has 1 aliphatic heterocycles. The average molecular weight is 633 g/mol. The van der Waals surface area contributed by atoms with Gasteiger partial charge in [-0.1, -0.05) is 18.6 Å². The molecule has 0 unspecified atom stereocenters. The summed E-state index contributed by atoms with van der Waals surface area (Å²) in [6.45, 7) is 2.54. The second kappa shape index (κ2) is 14.4. The highest BCUT2D eigenvalue weighted by Crippen LogP contribution is 2.31. The molecule has 12 heteroatoms. The fourth-order valence-corrected chi connectivity index (χ4v) is 6.42. The van der Waals surface area contributed by atoms with Crippen molar-refractivity contribution in [1.29, 1.82) is 0 Å². The maximum absolute atomic E-state index is 14.2. The van der Waals surface area contributed by atoms with E-state index in [1.165, 1.54) is 4.57 Å². The number of morpholine rings is 1. The van der Waals surface area contributed by atoms with Crippen LogP contribution in [0.15, 0.2) is 54.6 Å². The highest BCUT2D eigenvalue weighted by atomic mass is 19.3. The van der Waals surface area contributed by atoms with Gasteiger partial charge in [-0.05, 0) is 74.4 Å². The van der Waals surface area contributed by atoms with Gasteiger partial charge in [-0.3, -0.25) is 4.57 Å². The Hall–Kier alpha value is -4.32. The SMILES string of the molecule is CN(C)c1ccc(NC(=O)NC2CCC(CCCc3nc(N4CCOCC4)cc(-n4c(C(F)F)nc5ccccc54)n3)CC2)cc1. The van der Waals surface area contributed by atoms with Crippen molar-refractivity contribution in [2.24, 2.45) is 5.92 Å². The van der Waals surface area contributed by atoms with E-state index in [-0.39, 0.29) is 17.9 Å². The number of benzene rings is 2. The Morgan fingerprint density at radius 3 is 2.41 bits per heavy atom. The van der Waals surface area contributed by atoms with Gasteiger partial charge in [-0.25, -0.2) is 28.5 Å². The Morgan fingerprint density at radius 2 is 1.70 bits per heavy atom. The van der Waals surface area contributed by atoms with E-state index in [0.717, 1.165) is 55.7 Å². The van der Waals surface area contributed by atoms with E-state index >= 15 is 0 Å². The summed E-state index contributed by atoms with van der Waals surface area (Å²) in [7, 11) is 3.97. The maximum Gasteiger partial charge on any atom is 0.319 e. The van der Waals surface area contributed by atoms with Gasteiger partial charge >= 0.3 is 6.03 Å². The van der Waals surface area contributed by atoms with Crippen LogP contribution in [0.4, 0.5) is 30.8 Å². The van der Waals surface area contributed by atoms with Crippen LogP contribution in [0.3, 0.4) is 0 Å². The maximum atomic E-state index is 14.2. The monoisotopic (exact) mass is 632 g/mol. The van der Waals surface area contributed by atoms with E-state index in [1.54, 1.807) is 24.3 Å². The number of halogens is 2. The van der Waals surface area contributed by atoms with Gasteiger partial charge < -0.3 is 25.2 Å². The number of nitrogens with one attached hydrogen (secondary N) is 2. The summed E-state index contributed by atoms with van der Waals surface area (Å²) in [6.07, 6.45) is 3.78. The average Bonchev–Trinajstić information content (AvgIpc) is 3.46. The third-order valence-electron chi connectivity index (χ3n) is 8.93. The fraction of sp³-hybridized carbons (Fsp3) is 0.471. The molecule has 2 aromatic heterocycles. The van der Waals surface area contributed by atoms with Crippen LogP contribution in [0.25, 0.3) is 16.9 Å². The molecular weight excluding hydrogens is 590 g/mol. The lowest BCUT2D eigenvalue weighted by Gasteiger charge is -2.29. The van der Waals surface area contributed by atoms with E-state index in [1.807, 2.05) is 49.3 Å². The van der Waals surface area contributed by atoms with Crippen molar-refractivity contribution in [1.82, 2.24) is 24.8 Å². The highest BCUT2D eigenvalue weighted by molar-refractivity contribution is 5.89. The zero-order chi connectivity index (χ0) is 32.0. The summed E-state index contributed by atoms with van der Waals surface area (Å²) in [5, 5.41) is 6.08. The van der Waals surface area contributed by atoms with Crippen LogP contribution in [-0.4, -0.2) is 72.0 Å². The molecule has 1 aliphatic carbocycles. The fourth-order valence-electron chi connectivity index (χ4n) is 6.42. The molecule has 0 atom stereocenters. The number of anilines is 3. The number of aryl methyl sites for hydroxylation is 1. The zero-order valence-electron chi connectivity index (χ0n) is 26.5. The van der Waals surface area contributed by atoms with Crippen molar-refractivity contribution in [2.45, 2.75) is 57.4 Å². The molecular formula is C34H42F2N8O2. The number of imidazole rings is 1. The summed E-state index contributed by atoms with van der Waals surface area (Å²) in [5.74, 6) is 2.01. The Bertz CT molecular complexity index is 1610. The number of hydrogen-bond acceptors (Lipinski definition) is 7. The molecule has 244 valence electrons. The van der Waals surface area contributed by atoms with Gasteiger partial charge in [0.05, 0.1) is 24.2 Å². The number of hydrogen-bond donors (Lipinski definition) is 2. The van der Waals surface area contributed by atoms with Crippen molar-refractivity contribution in [2.75, 3.05) is 55.5 Å². The number of para-hydroxylation sites is 2. The summed E-state index contributed by atoms with van der Waals surface area (Å²) in [4.78, 5) is 30.6. The van der Waals surface area contributed by atoms with Gasteiger partial charge in [-0.2, -0.15) is 0 Å². The lowest BCUT2D eigenvalue weighted by molar-refractivity contribution is 0.122. The number of carbonyl (C=O) groups is 1. The first-order chi connectivity index (χ1) is 22.3. The first-order valence-corrected chi connectivity index (χ1v) is 16.2. The van der Waals surface area contributed by atoms with Crippen molar-refractivity contribution in [3.8, 4) is 5.82 Å². The molecule has 46 heavy (non-hydrogen) atoms. The molecule has 2 aromatic carbocycles. The minimum atomic E-state index is -2.75. The van der Waals surface area contributed by atoms with E-state index in [0.29, 0.717) is 61.3 Å². The van der Waals surface area contributed by atoms with Crippen LogP contribution in [0.5, 0.6) is 0 Å². The van der Waals surface area contributed by atoms with Crippen molar-refractivity contribution >= 4 is 34.3 Å². The molecule has 1 saturated carbocycles. The van der Waals surface area contributed by atoms with Crippen LogP contribution in [0.2, 0.25) is 0 Å². The molecule has 3 heterocycles. The minimum Gasteiger partial charge on any atom is -0.378 e. The highest BCUT2D eigenvalue weighted by Gasteiger charge is 2.25. The number of amides is 2. The molecule has 2 amide bonds. The minimum absolute atomic E-state index is 0.155. The Morgan fingerprint density at radius 1 is 0.978 bits per heavy atom. The third-order valence-corrected chi connectivity index (χ3v) is 8.93. The molecule has 0 radical (unpaired) electrons. The van der Waals surface area contributed by atoms with E-state index < -0.39 is 6.43 Å². The number of alkyl halides is 2. The second-order valence-electron chi connectivity index (χ2n) is 12.3. The van der Waals surface area contributed by atoms with E-state index in [2.05, 4.69) is 20.5 Å². The van der Waals surface area contributed by atoms with Gasteiger partial charge in [-0.15, -0.1) is 0 Å². The topological polar surface area (TPSA) is 100 Å². The van der Waals surface area contributed by atoms with Crippen LogP contribution in [0.1, 0.15) is 56.6 Å². The van der Waals surface area contributed by atoms with Gasteiger partial charge in [0.25, 0.3) is 6.43 Å². The number of fused-ring (bicyclic) bond motifs is 1. The van der Waals surface area contributed by atoms with Crippen molar-refractivity contribution in [3.05, 3.63) is 66.2 Å². The molecule has 6 rings (SSSR count). The van der Waals surface area contributed by atoms with Gasteiger partial charge in [0.15, 0.2) is 5.82 Å². The summed E-state index contributed by atoms with van der Waals surface area (Å²) in [6, 6.07) is 16.7. The standard InChI is InChI=1S/C34H42F2N8O2/c1-42(2)26-16-14-25(15-17-26)38-34(45)37-24-12-10-23(11-13-24)6-5-9-29-40-30(43-18-20-46-21-19-43)22-31(41-29)44-28-8-4-3-7-27(28)39-33(44)32(35)36/h3-4,7-8,14-17,22-24,32H,5-6,9-13,18-21H2,1-2H3,(H2,37,38,45). The van der Waals surface area contributed by atoms with Crippen molar-refractivity contribution < 1.29 is 18.3 Å². The molecule has 2 fully saturated rings. The summed E-state index contributed by atoms with van der Waals surface area (Å²) < 4.78 is 35.3. The van der Waals surface area contributed by atoms with Crippen LogP contribution in [-0.2, 0) is 11.2 Å². The van der Waals surface area contributed by atoms with E-state index in [4.69, 9.17) is 14.7 Å².